The molecule has 0 aromatic heterocycles. The van der Waals surface area contributed by atoms with Crippen LogP contribution in [0.3, 0.4) is 0 Å². The van der Waals surface area contributed by atoms with Crippen LogP contribution in [-0.2, 0) is 24.5 Å². The van der Waals surface area contributed by atoms with Gasteiger partial charge < -0.3 is 9.47 Å². The van der Waals surface area contributed by atoms with Gasteiger partial charge in [0.15, 0.2) is 5.41 Å². The van der Waals surface area contributed by atoms with Crippen LogP contribution in [0, 0.1) is 6.92 Å². The number of esters is 2. The largest absolute Gasteiger partial charge is 0.468 e. The fourth-order valence-corrected chi connectivity index (χ4v) is 1.61. The molecule has 1 aromatic carbocycles. The topological polar surface area (TPSA) is 52.6 Å². The second-order valence-electron chi connectivity index (χ2n) is 3.97. The predicted octanol–water partition coefficient (Wildman–Crippen LogP) is 1.60. The van der Waals surface area contributed by atoms with Crippen molar-refractivity contribution in [2.24, 2.45) is 0 Å². The molecule has 0 spiro atoms. The Balaban J connectivity index is 3.28. The molecule has 0 radical (unpaired) electrons. The summed E-state index contributed by atoms with van der Waals surface area (Å²) in [6.07, 6.45) is 0. The first kappa shape index (κ1) is 13.2. The van der Waals surface area contributed by atoms with Gasteiger partial charge in [-0.3, -0.25) is 9.59 Å². The van der Waals surface area contributed by atoms with Gasteiger partial charge in [0, 0.05) is 0 Å². The predicted molar refractivity (Wildman–Crippen MR) is 62.6 cm³/mol. The lowest BCUT2D eigenvalue weighted by atomic mass is 9.82. The van der Waals surface area contributed by atoms with E-state index in [0.717, 1.165) is 5.56 Å². The zero-order chi connectivity index (χ0) is 13.1. The monoisotopic (exact) mass is 236 g/mol. The van der Waals surface area contributed by atoms with Crippen LogP contribution in [-0.4, -0.2) is 26.2 Å². The highest BCUT2D eigenvalue weighted by Crippen LogP contribution is 2.27. The summed E-state index contributed by atoms with van der Waals surface area (Å²) in [5, 5.41) is 0. The fraction of sp³-hybridized carbons (Fsp3) is 0.385. The molecule has 4 nitrogen and oxygen atoms in total. The van der Waals surface area contributed by atoms with Crippen LogP contribution in [0.2, 0.25) is 0 Å². The van der Waals surface area contributed by atoms with Crippen molar-refractivity contribution in [3.63, 3.8) is 0 Å². The normalized spacial score (nSPS) is 10.8. The molecule has 17 heavy (non-hydrogen) atoms. The third-order valence-corrected chi connectivity index (χ3v) is 2.82. The highest BCUT2D eigenvalue weighted by molar-refractivity contribution is 6.05. The van der Waals surface area contributed by atoms with Gasteiger partial charge in [-0.25, -0.2) is 0 Å². The van der Waals surface area contributed by atoms with Gasteiger partial charge in [0.25, 0.3) is 0 Å². The number of carbonyl (C=O) groups excluding carboxylic acids is 2. The summed E-state index contributed by atoms with van der Waals surface area (Å²) in [5.41, 5.74) is 0.185. The van der Waals surface area contributed by atoms with E-state index in [1.165, 1.54) is 21.1 Å². The van der Waals surface area contributed by atoms with Gasteiger partial charge in [0.05, 0.1) is 14.2 Å². The van der Waals surface area contributed by atoms with Gasteiger partial charge >= 0.3 is 11.9 Å². The molecular formula is C13H16O4. The Morgan fingerprint density at radius 3 is 1.76 bits per heavy atom. The number of rotatable bonds is 3. The first-order valence-corrected chi connectivity index (χ1v) is 5.20. The molecule has 0 N–H and O–H groups in total. The molecule has 0 saturated heterocycles. The van der Waals surface area contributed by atoms with E-state index < -0.39 is 17.4 Å². The van der Waals surface area contributed by atoms with Crippen LogP contribution in [0.5, 0.6) is 0 Å². The number of aryl methyl sites for hydroxylation is 1. The van der Waals surface area contributed by atoms with Gasteiger partial charge in [-0.1, -0.05) is 29.8 Å². The fourth-order valence-electron chi connectivity index (χ4n) is 1.61. The number of hydrogen-bond acceptors (Lipinski definition) is 4. The van der Waals surface area contributed by atoms with E-state index in [9.17, 15) is 9.59 Å². The smallest absolute Gasteiger partial charge is 0.327 e. The lowest BCUT2D eigenvalue weighted by Crippen LogP contribution is -2.42. The molecule has 0 saturated carbocycles. The third-order valence-electron chi connectivity index (χ3n) is 2.82. The minimum absolute atomic E-state index is 0.557. The molecule has 0 bridgehead atoms. The van der Waals surface area contributed by atoms with Crippen molar-refractivity contribution in [1.29, 1.82) is 0 Å². The molecule has 0 unspecified atom stereocenters. The summed E-state index contributed by atoms with van der Waals surface area (Å²) in [4.78, 5) is 23.6. The Kier molecular flexibility index (Phi) is 3.89. The zero-order valence-electron chi connectivity index (χ0n) is 10.4. The highest BCUT2D eigenvalue weighted by atomic mass is 16.5. The van der Waals surface area contributed by atoms with Crippen LogP contribution >= 0.6 is 0 Å². The van der Waals surface area contributed by atoms with E-state index in [4.69, 9.17) is 0 Å². The number of benzene rings is 1. The molecule has 1 aromatic rings. The Labute approximate surface area is 101 Å². The molecule has 1 rings (SSSR count). The van der Waals surface area contributed by atoms with E-state index in [0.29, 0.717) is 5.56 Å². The maximum atomic E-state index is 11.8. The lowest BCUT2D eigenvalue weighted by Gasteiger charge is -2.24. The summed E-state index contributed by atoms with van der Waals surface area (Å²) >= 11 is 0. The molecule has 0 aliphatic carbocycles. The maximum Gasteiger partial charge on any atom is 0.327 e. The number of hydrogen-bond donors (Lipinski definition) is 0. The minimum atomic E-state index is -1.42. The summed E-state index contributed by atoms with van der Waals surface area (Å²) in [6.45, 7) is 3.42. The van der Waals surface area contributed by atoms with Crippen molar-refractivity contribution >= 4 is 11.9 Å². The molecule has 92 valence electrons. The summed E-state index contributed by atoms with van der Waals surface area (Å²) in [5.74, 6) is -1.26. The molecule has 0 amide bonds. The molecular weight excluding hydrogens is 220 g/mol. The van der Waals surface area contributed by atoms with E-state index in [-0.39, 0.29) is 0 Å². The van der Waals surface area contributed by atoms with Crippen LogP contribution in [0.4, 0.5) is 0 Å². The molecule has 0 atom stereocenters. The Hall–Kier alpha value is -1.84. The SMILES string of the molecule is COC(=O)C(C)(C(=O)OC)c1ccc(C)cc1. The van der Waals surface area contributed by atoms with E-state index in [1.54, 1.807) is 12.1 Å². The number of carbonyl (C=O) groups is 2. The second-order valence-corrected chi connectivity index (χ2v) is 3.97. The van der Waals surface area contributed by atoms with Gasteiger partial charge in [0.2, 0.25) is 0 Å². The molecule has 0 aliphatic rings. The second kappa shape index (κ2) is 4.99. The summed E-state index contributed by atoms with van der Waals surface area (Å²) in [7, 11) is 2.50. The van der Waals surface area contributed by atoms with Crippen LogP contribution in [0.25, 0.3) is 0 Å². The first-order chi connectivity index (χ1) is 7.96. The van der Waals surface area contributed by atoms with Crippen molar-refractivity contribution in [2.75, 3.05) is 14.2 Å². The van der Waals surface area contributed by atoms with E-state index >= 15 is 0 Å². The van der Waals surface area contributed by atoms with Crippen molar-refractivity contribution < 1.29 is 19.1 Å². The van der Waals surface area contributed by atoms with Crippen molar-refractivity contribution in [2.45, 2.75) is 19.3 Å². The third kappa shape index (κ3) is 2.30. The quantitative estimate of drug-likeness (QED) is 0.591. The average molecular weight is 236 g/mol. The van der Waals surface area contributed by atoms with Crippen LogP contribution in [0.1, 0.15) is 18.1 Å². The van der Waals surface area contributed by atoms with Crippen LogP contribution in [0.15, 0.2) is 24.3 Å². The van der Waals surface area contributed by atoms with Crippen molar-refractivity contribution in [1.82, 2.24) is 0 Å². The number of ether oxygens (including phenoxy) is 2. The van der Waals surface area contributed by atoms with Crippen molar-refractivity contribution in [3.8, 4) is 0 Å². The van der Waals surface area contributed by atoms with Gasteiger partial charge in [-0.15, -0.1) is 0 Å². The Morgan fingerprint density at radius 1 is 1.00 bits per heavy atom. The standard InChI is InChI=1S/C13H16O4/c1-9-5-7-10(8-6-9)13(2,11(14)16-3)12(15)17-4/h5-8H,1-4H3. The summed E-state index contributed by atoms with van der Waals surface area (Å²) < 4.78 is 9.37. The van der Waals surface area contributed by atoms with E-state index in [1.807, 2.05) is 19.1 Å². The minimum Gasteiger partial charge on any atom is -0.468 e. The maximum absolute atomic E-state index is 11.8. The van der Waals surface area contributed by atoms with Gasteiger partial charge in [0.1, 0.15) is 0 Å². The number of methoxy groups -OCH3 is 2. The first-order valence-electron chi connectivity index (χ1n) is 5.20. The van der Waals surface area contributed by atoms with E-state index in [2.05, 4.69) is 9.47 Å². The molecule has 0 aliphatic heterocycles. The van der Waals surface area contributed by atoms with Gasteiger partial charge in [-0.05, 0) is 19.4 Å². The van der Waals surface area contributed by atoms with Crippen LogP contribution < -0.4 is 0 Å². The highest BCUT2D eigenvalue weighted by Gasteiger charge is 2.45. The Bertz CT molecular complexity index is 404. The van der Waals surface area contributed by atoms with Gasteiger partial charge in [-0.2, -0.15) is 0 Å². The van der Waals surface area contributed by atoms with Crippen molar-refractivity contribution in [3.05, 3.63) is 35.4 Å². The molecule has 4 heteroatoms. The summed E-state index contributed by atoms with van der Waals surface area (Å²) in [6, 6.07) is 7.12. The Morgan fingerprint density at radius 2 is 1.41 bits per heavy atom. The lowest BCUT2D eigenvalue weighted by molar-refractivity contribution is -0.160. The molecule has 0 heterocycles. The molecule has 0 fully saturated rings. The zero-order valence-corrected chi connectivity index (χ0v) is 10.4. The average Bonchev–Trinajstić information content (AvgIpc) is 2.36.